The van der Waals surface area contributed by atoms with Crippen molar-refractivity contribution in [3.8, 4) is 0 Å². The van der Waals surface area contributed by atoms with E-state index in [1.165, 1.54) is 11.6 Å². The minimum Gasteiger partial charge on any atom is -0.347 e. The molecule has 1 saturated carbocycles. The number of hydrogen-bond acceptors (Lipinski definition) is 1. The van der Waals surface area contributed by atoms with Crippen molar-refractivity contribution in [2.24, 2.45) is 0 Å². The maximum absolute atomic E-state index is 11.2. The molecule has 0 heterocycles. The van der Waals surface area contributed by atoms with Crippen molar-refractivity contribution in [2.75, 3.05) is 0 Å². The van der Waals surface area contributed by atoms with Crippen molar-refractivity contribution in [2.45, 2.75) is 24.8 Å². The average Bonchev–Trinajstić information content (AvgIpc) is 2.91. The van der Waals surface area contributed by atoms with E-state index in [1.54, 1.807) is 0 Å². The van der Waals surface area contributed by atoms with Gasteiger partial charge in [0.1, 0.15) is 0 Å². The molecule has 1 N–H and O–H groups in total. The van der Waals surface area contributed by atoms with Crippen LogP contribution in [-0.2, 0) is 4.79 Å². The minimum absolute atomic E-state index is 0.0768. The Morgan fingerprint density at radius 1 is 1.53 bits per heavy atom. The third kappa shape index (κ3) is 1.94. The van der Waals surface area contributed by atoms with E-state index in [0.29, 0.717) is 5.92 Å². The first kappa shape index (κ1) is 9.97. The number of nitrogens with one attached hydrogen (secondary N) is 1. The van der Waals surface area contributed by atoms with Crippen LogP contribution in [0.15, 0.2) is 43.0 Å². The first-order chi connectivity index (χ1) is 7.15. The topological polar surface area (TPSA) is 29.1 Å². The molecule has 1 aliphatic rings. The van der Waals surface area contributed by atoms with Gasteiger partial charge in [-0.3, -0.25) is 4.79 Å². The van der Waals surface area contributed by atoms with Gasteiger partial charge in [-0.25, -0.2) is 0 Å². The summed E-state index contributed by atoms with van der Waals surface area (Å²) in [4.78, 5) is 11.2. The van der Waals surface area contributed by atoms with Crippen molar-refractivity contribution in [1.29, 1.82) is 0 Å². The van der Waals surface area contributed by atoms with Gasteiger partial charge in [-0.1, -0.05) is 36.9 Å². The number of amides is 1. The van der Waals surface area contributed by atoms with E-state index in [1.807, 2.05) is 18.2 Å². The van der Waals surface area contributed by atoms with Crippen LogP contribution in [0.25, 0.3) is 0 Å². The maximum Gasteiger partial charge on any atom is 0.243 e. The first-order valence-corrected chi connectivity index (χ1v) is 5.15. The molecule has 2 heteroatoms. The highest BCUT2D eigenvalue weighted by Crippen LogP contribution is 2.50. The second-order valence-electron chi connectivity index (χ2n) is 4.28. The summed E-state index contributed by atoms with van der Waals surface area (Å²) in [6.45, 7) is 5.53. The van der Waals surface area contributed by atoms with Crippen LogP contribution in [-0.4, -0.2) is 11.4 Å². The molecule has 2 nitrogen and oxygen atoms in total. The van der Waals surface area contributed by atoms with Crippen LogP contribution in [0.1, 0.15) is 24.8 Å². The number of rotatable bonds is 3. The van der Waals surface area contributed by atoms with Crippen LogP contribution in [0, 0.1) is 0 Å². The largest absolute Gasteiger partial charge is 0.347 e. The van der Waals surface area contributed by atoms with Crippen molar-refractivity contribution < 1.29 is 4.79 Å². The molecule has 1 aromatic rings. The van der Waals surface area contributed by atoms with Gasteiger partial charge in [0.25, 0.3) is 0 Å². The fraction of sp³-hybridized carbons (Fsp3) is 0.308. The molecule has 0 bridgehead atoms. The molecule has 1 aromatic carbocycles. The van der Waals surface area contributed by atoms with Gasteiger partial charge in [-0.2, -0.15) is 0 Å². The molecule has 2 rings (SSSR count). The lowest BCUT2D eigenvalue weighted by molar-refractivity contribution is -0.117. The highest BCUT2D eigenvalue weighted by atomic mass is 16.1. The summed E-state index contributed by atoms with van der Waals surface area (Å²) in [5.74, 6) is 0.360. The Morgan fingerprint density at radius 3 is 2.80 bits per heavy atom. The number of hydrogen-bond donors (Lipinski definition) is 1. The Morgan fingerprint density at radius 2 is 2.20 bits per heavy atom. The van der Waals surface area contributed by atoms with Gasteiger partial charge in [0.2, 0.25) is 5.91 Å². The highest BCUT2D eigenvalue weighted by Gasteiger charge is 2.51. The summed E-state index contributed by atoms with van der Waals surface area (Å²) in [5, 5.41) is 2.97. The smallest absolute Gasteiger partial charge is 0.243 e. The molecule has 0 unspecified atom stereocenters. The Kier molecular flexibility index (Phi) is 2.35. The van der Waals surface area contributed by atoms with E-state index >= 15 is 0 Å². The first-order valence-electron chi connectivity index (χ1n) is 5.15. The SMILES string of the molecule is C=CC(=O)N[C@]1(C)C[C@H]1c1ccccc1. The Labute approximate surface area is 90.0 Å². The Balaban J connectivity index is 2.06. The highest BCUT2D eigenvalue weighted by molar-refractivity contribution is 5.88. The van der Waals surface area contributed by atoms with Gasteiger partial charge >= 0.3 is 0 Å². The molecular weight excluding hydrogens is 186 g/mol. The van der Waals surface area contributed by atoms with E-state index in [2.05, 4.69) is 31.0 Å². The zero-order chi connectivity index (χ0) is 10.9. The summed E-state index contributed by atoms with van der Waals surface area (Å²) in [6.07, 6.45) is 2.34. The Hall–Kier alpha value is -1.57. The normalized spacial score (nSPS) is 28.2. The summed E-state index contributed by atoms with van der Waals surface area (Å²) in [6, 6.07) is 10.3. The van der Waals surface area contributed by atoms with E-state index in [-0.39, 0.29) is 11.4 Å². The monoisotopic (exact) mass is 201 g/mol. The van der Waals surface area contributed by atoms with Gasteiger partial charge in [0, 0.05) is 11.5 Å². The molecule has 0 radical (unpaired) electrons. The maximum atomic E-state index is 11.2. The zero-order valence-corrected chi connectivity index (χ0v) is 8.86. The minimum atomic E-state index is -0.0871. The molecule has 0 aromatic heterocycles. The molecule has 0 spiro atoms. The van der Waals surface area contributed by atoms with Crippen molar-refractivity contribution >= 4 is 5.91 Å². The van der Waals surface area contributed by atoms with Crippen LogP contribution < -0.4 is 5.32 Å². The molecule has 1 amide bonds. The van der Waals surface area contributed by atoms with Crippen molar-refractivity contribution in [1.82, 2.24) is 5.32 Å². The second-order valence-corrected chi connectivity index (χ2v) is 4.28. The zero-order valence-electron chi connectivity index (χ0n) is 8.86. The van der Waals surface area contributed by atoms with Gasteiger partial charge < -0.3 is 5.32 Å². The predicted molar refractivity (Wildman–Crippen MR) is 60.5 cm³/mol. The fourth-order valence-electron chi connectivity index (χ4n) is 2.01. The summed E-state index contributed by atoms with van der Waals surface area (Å²) in [7, 11) is 0. The van der Waals surface area contributed by atoms with E-state index in [4.69, 9.17) is 0 Å². The Bertz CT molecular complexity index is 385. The second kappa shape index (κ2) is 3.54. The van der Waals surface area contributed by atoms with Gasteiger partial charge in [-0.15, -0.1) is 0 Å². The summed E-state index contributed by atoms with van der Waals surface area (Å²) < 4.78 is 0. The van der Waals surface area contributed by atoms with Gasteiger partial charge in [0.15, 0.2) is 0 Å². The molecule has 0 saturated heterocycles. The third-order valence-corrected chi connectivity index (χ3v) is 3.03. The molecule has 1 aliphatic carbocycles. The standard InChI is InChI=1S/C13H15NO/c1-3-12(15)14-13(2)9-11(13)10-7-5-4-6-8-10/h3-8,11H,1,9H2,2H3,(H,14,15)/t11-,13+/m0/s1. The fourth-order valence-corrected chi connectivity index (χ4v) is 2.01. The van der Waals surface area contributed by atoms with E-state index in [9.17, 15) is 4.79 Å². The lowest BCUT2D eigenvalue weighted by atomic mass is 10.1. The summed E-state index contributed by atoms with van der Waals surface area (Å²) in [5.41, 5.74) is 1.22. The molecule has 15 heavy (non-hydrogen) atoms. The molecule has 1 fully saturated rings. The molecule has 78 valence electrons. The van der Waals surface area contributed by atoms with Crippen LogP contribution in [0.4, 0.5) is 0 Å². The van der Waals surface area contributed by atoms with Gasteiger partial charge in [0.05, 0.1) is 0 Å². The van der Waals surface area contributed by atoms with Crippen molar-refractivity contribution in [3.63, 3.8) is 0 Å². The van der Waals surface area contributed by atoms with E-state index < -0.39 is 0 Å². The number of carbonyl (C=O) groups is 1. The van der Waals surface area contributed by atoms with Crippen LogP contribution in [0.3, 0.4) is 0 Å². The predicted octanol–water partition coefficient (Wildman–Crippen LogP) is 2.23. The third-order valence-electron chi connectivity index (χ3n) is 3.03. The molecular formula is C13H15NO. The summed E-state index contributed by atoms with van der Waals surface area (Å²) >= 11 is 0. The van der Waals surface area contributed by atoms with Gasteiger partial charge in [-0.05, 0) is 25.0 Å². The molecule has 2 atom stereocenters. The number of carbonyl (C=O) groups excluding carboxylic acids is 1. The lowest BCUT2D eigenvalue weighted by Gasteiger charge is -2.12. The van der Waals surface area contributed by atoms with Crippen molar-refractivity contribution in [3.05, 3.63) is 48.6 Å². The quantitative estimate of drug-likeness (QED) is 0.746. The van der Waals surface area contributed by atoms with E-state index in [0.717, 1.165) is 6.42 Å². The lowest BCUT2D eigenvalue weighted by Crippen LogP contribution is -2.34. The molecule has 0 aliphatic heterocycles. The average molecular weight is 201 g/mol. The van der Waals surface area contributed by atoms with Crippen LogP contribution in [0.5, 0.6) is 0 Å². The number of benzene rings is 1. The van der Waals surface area contributed by atoms with Crippen LogP contribution >= 0.6 is 0 Å². The van der Waals surface area contributed by atoms with Crippen LogP contribution in [0.2, 0.25) is 0 Å².